The summed E-state index contributed by atoms with van der Waals surface area (Å²) in [7, 11) is 3.13. The number of nitrogens with one attached hydrogen (secondary N) is 2. The lowest BCUT2D eigenvalue weighted by molar-refractivity contribution is -0.114. The van der Waals surface area contributed by atoms with Gasteiger partial charge in [-0.3, -0.25) is 4.79 Å². The first-order chi connectivity index (χ1) is 10.6. The fourth-order valence-corrected chi connectivity index (χ4v) is 2.22. The number of halogens is 1. The number of carbonyl (C=O) groups excluding carboxylic acids is 1. The lowest BCUT2D eigenvalue weighted by Gasteiger charge is -2.12. The summed E-state index contributed by atoms with van der Waals surface area (Å²) in [5.74, 6) is 1.08. The molecule has 0 bridgehead atoms. The minimum atomic E-state index is -0.162. The molecule has 0 aromatic heterocycles. The standard InChI is InChI=1S/C16H17IN2O3/c1-21-13-7-8-15(22-2)14(9-13)19-16(20)10-18-12-5-3-11(17)4-6-12/h3-9,18H,10H2,1-2H3,(H,19,20). The van der Waals surface area contributed by atoms with Crippen molar-refractivity contribution in [3.8, 4) is 11.5 Å². The Balaban J connectivity index is 1.98. The highest BCUT2D eigenvalue weighted by Gasteiger charge is 2.09. The molecule has 116 valence electrons. The lowest BCUT2D eigenvalue weighted by atomic mass is 10.2. The van der Waals surface area contributed by atoms with Crippen LogP contribution in [0.25, 0.3) is 0 Å². The van der Waals surface area contributed by atoms with E-state index >= 15 is 0 Å². The molecule has 2 rings (SSSR count). The average molecular weight is 412 g/mol. The zero-order valence-corrected chi connectivity index (χ0v) is 14.5. The van der Waals surface area contributed by atoms with E-state index in [2.05, 4.69) is 33.2 Å². The second kappa shape index (κ2) is 7.88. The van der Waals surface area contributed by atoms with Crippen LogP contribution in [0.4, 0.5) is 11.4 Å². The molecule has 0 heterocycles. The Bertz CT molecular complexity index is 644. The fourth-order valence-electron chi connectivity index (χ4n) is 1.86. The largest absolute Gasteiger partial charge is 0.497 e. The Morgan fingerprint density at radius 2 is 1.82 bits per heavy atom. The summed E-state index contributed by atoms with van der Waals surface area (Å²) in [6, 6.07) is 13.1. The Labute approximate surface area is 143 Å². The molecule has 0 fully saturated rings. The summed E-state index contributed by atoms with van der Waals surface area (Å²) >= 11 is 2.23. The van der Waals surface area contributed by atoms with E-state index < -0.39 is 0 Å². The van der Waals surface area contributed by atoms with Crippen molar-refractivity contribution in [2.45, 2.75) is 0 Å². The van der Waals surface area contributed by atoms with E-state index in [0.717, 1.165) is 9.26 Å². The van der Waals surface area contributed by atoms with Crippen molar-refractivity contribution in [2.75, 3.05) is 31.4 Å². The summed E-state index contributed by atoms with van der Waals surface area (Å²) in [6.45, 7) is 0.168. The maximum Gasteiger partial charge on any atom is 0.243 e. The lowest BCUT2D eigenvalue weighted by Crippen LogP contribution is -2.22. The van der Waals surface area contributed by atoms with E-state index in [1.165, 1.54) is 0 Å². The predicted octanol–water partition coefficient (Wildman–Crippen LogP) is 3.36. The summed E-state index contributed by atoms with van der Waals surface area (Å²) in [5.41, 5.74) is 1.48. The van der Waals surface area contributed by atoms with E-state index in [1.807, 2.05) is 24.3 Å². The van der Waals surface area contributed by atoms with Crippen LogP contribution in [0, 0.1) is 3.57 Å². The molecule has 0 spiro atoms. The number of rotatable bonds is 6. The van der Waals surface area contributed by atoms with E-state index in [1.54, 1.807) is 32.4 Å². The molecular weight excluding hydrogens is 395 g/mol. The van der Waals surface area contributed by atoms with Crippen LogP contribution in [-0.2, 0) is 4.79 Å². The first-order valence-electron chi connectivity index (χ1n) is 6.63. The van der Waals surface area contributed by atoms with Gasteiger partial charge >= 0.3 is 0 Å². The van der Waals surface area contributed by atoms with Crippen LogP contribution in [0.1, 0.15) is 0 Å². The Hall–Kier alpha value is -1.96. The summed E-state index contributed by atoms with van der Waals surface area (Å²) < 4.78 is 11.5. The number of methoxy groups -OCH3 is 2. The van der Waals surface area contributed by atoms with E-state index in [4.69, 9.17) is 9.47 Å². The van der Waals surface area contributed by atoms with Gasteiger partial charge in [0.05, 0.1) is 26.5 Å². The first-order valence-corrected chi connectivity index (χ1v) is 7.71. The molecule has 22 heavy (non-hydrogen) atoms. The zero-order valence-electron chi connectivity index (χ0n) is 12.4. The Morgan fingerprint density at radius 1 is 1.09 bits per heavy atom. The average Bonchev–Trinajstić information content (AvgIpc) is 2.54. The summed E-state index contributed by atoms with van der Waals surface area (Å²) in [6.07, 6.45) is 0. The van der Waals surface area contributed by atoms with Crippen LogP contribution in [0.2, 0.25) is 0 Å². The molecule has 0 aliphatic rings. The minimum absolute atomic E-state index is 0.162. The van der Waals surface area contributed by atoms with Gasteiger partial charge in [0, 0.05) is 15.3 Å². The number of hydrogen-bond donors (Lipinski definition) is 2. The molecular formula is C16H17IN2O3. The minimum Gasteiger partial charge on any atom is -0.497 e. The fraction of sp³-hybridized carbons (Fsp3) is 0.188. The first kappa shape index (κ1) is 16.4. The number of amides is 1. The molecule has 0 aliphatic heterocycles. The molecule has 6 heteroatoms. The monoisotopic (exact) mass is 412 g/mol. The molecule has 0 aliphatic carbocycles. The van der Waals surface area contributed by atoms with Crippen LogP contribution >= 0.6 is 22.6 Å². The quantitative estimate of drug-likeness (QED) is 0.715. The van der Waals surface area contributed by atoms with Gasteiger partial charge in [-0.15, -0.1) is 0 Å². The molecule has 2 aromatic carbocycles. The second-order valence-electron chi connectivity index (χ2n) is 4.47. The number of benzene rings is 2. The number of hydrogen-bond acceptors (Lipinski definition) is 4. The molecule has 1 amide bonds. The number of anilines is 2. The SMILES string of the molecule is COc1ccc(OC)c(NC(=O)CNc2ccc(I)cc2)c1. The van der Waals surface area contributed by atoms with E-state index in [0.29, 0.717) is 17.2 Å². The van der Waals surface area contributed by atoms with Crippen LogP contribution in [0.15, 0.2) is 42.5 Å². The van der Waals surface area contributed by atoms with Crippen molar-refractivity contribution >= 4 is 39.9 Å². The van der Waals surface area contributed by atoms with E-state index in [-0.39, 0.29) is 12.5 Å². The van der Waals surface area contributed by atoms with Crippen molar-refractivity contribution in [2.24, 2.45) is 0 Å². The number of ether oxygens (including phenoxy) is 2. The van der Waals surface area contributed by atoms with Crippen molar-refractivity contribution in [1.29, 1.82) is 0 Å². The molecule has 2 aromatic rings. The Kier molecular flexibility index (Phi) is 5.88. The van der Waals surface area contributed by atoms with Crippen LogP contribution < -0.4 is 20.1 Å². The third-order valence-corrected chi connectivity index (χ3v) is 3.70. The third kappa shape index (κ3) is 4.52. The smallest absolute Gasteiger partial charge is 0.243 e. The van der Waals surface area contributed by atoms with Crippen LogP contribution in [-0.4, -0.2) is 26.7 Å². The summed E-state index contributed by atoms with van der Waals surface area (Å²) in [5, 5.41) is 5.88. The molecule has 5 nitrogen and oxygen atoms in total. The maximum absolute atomic E-state index is 12.0. The molecule has 0 unspecified atom stereocenters. The predicted molar refractivity (Wildman–Crippen MR) is 95.8 cm³/mol. The topological polar surface area (TPSA) is 59.6 Å². The third-order valence-electron chi connectivity index (χ3n) is 2.98. The van der Waals surface area contributed by atoms with E-state index in [9.17, 15) is 4.79 Å². The van der Waals surface area contributed by atoms with Gasteiger partial charge in [0.2, 0.25) is 5.91 Å². The normalized spacial score (nSPS) is 9.95. The van der Waals surface area contributed by atoms with Crippen molar-refractivity contribution < 1.29 is 14.3 Å². The molecule has 0 saturated carbocycles. The maximum atomic E-state index is 12.0. The number of carbonyl (C=O) groups is 1. The van der Waals surface area contributed by atoms with Gasteiger partial charge in [0.15, 0.2) is 0 Å². The Morgan fingerprint density at radius 3 is 2.45 bits per heavy atom. The molecule has 2 N–H and O–H groups in total. The molecule has 0 atom stereocenters. The molecule has 0 saturated heterocycles. The van der Waals surface area contributed by atoms with Crippen molar-refractivity contribution in [1.82, 2.24) is 0 Å². The molecule has 0 radical (unpaired) electrons. The highest BCUT2D eigenvalue weighted by Crippen LogP contribution is 2.28. The van der Waals surface area contributed by atoms with Crippen LogP contribution in [0.5, 0.6) is 11.5 Å². The van der Waals surface area contributed by atoms with Crippen molar-refractivity contribution in [3.05, 3.63) is 46.0 Å². The van der Waals surface area contributed by atoms with Gasteiger partial charge in [0.25, 0.3) is 0 Å². The summed E-state index contributed by atoms with van der Waals surface area (Å²) in [4.78, 5) is 12.0. The highest BCUT2D eigenvalue weighted by atomic mass is 127. The van der Waals surface area contributed by atoms with Crippen molar-refractivity contribution in [3.63, 3.8) is 0 Å². The van der Waals surface area contributed by atoms with Crippen LogP contribution in [0.3, 0.4) is 0 Å². The van der Waals surface area contributed by atoms with Gasteiger partial charge < -0.3 is 20.1 Å². The van der Waals surface area contributed by atoms with Gasteiger partial charge in [-0.1, -0.05) is 0 Å². The zero-order chi connectivity index (χ0) is 15.9. The van der Waals surface area contributed by atoms with Gasteiger partial charge in [0.1, 0.15) is 11.5 Å². The van der Waals surface area contributed by atoms with Gasteiger partial charge in [-0.05, 0) is 59.0 Å². The van der Waals surface area contributed by atoms with Gasteiger partial charge in [-0.25, -0.2) is 0 Å². The van der Waals surface area contributed by atoms with Gasteiger partial charge in [-0.2, -0.15) is 0 Å². The second-order valence-corrected chi connectivity index (χ2v) is 5.72. The highest BCUT2D eigenvalue weighted by molar-refractivity contribution is 14.1.